The molecule has 1 saturated heterocycles. The van der Waals surface area contributed by atoms with Crippen molar-refractivity contribution in [3.8, 4) is 0 Å². The minimum Gasteiger partial charge on any atom is -0.444 e. The summed E-state index contributed by atoms with van der Waals surface area (Å²) < 4.78 is 5.19. The maximum absolute atomic E-state index is 11.6. The van der Waals surface area contributed by atoms with Crippen molar-refractivity contribution >= 4 is 36.0 Å². The molecule has 0 aromatic rings. The number of guanidine groups is 1. The van der Waals surface area contributed by atoms with Crippen molar-refractivity contribution in [1.29, 1.82) is 0 Å². The molecule has 0 atom stereocenters. The summed E-state index contributed by atoms with van der Waals surface area (Å²) in [6, 6.07) is 0. The van der Waals surface area contributed by atoms with Crippen LogP contribution in [0, 0.1) is 5.41 Å². The topological polar surface area (TPSA) is 66.0 Å². The van der Waals surface area contributed by atoms with E-state index in [9.17, 15) is 4.79 Å². The van der Waals surface area contributed by atoms with E-state index in [1.807, 2.05) is 20.8 Å². The molecular weight excluding hydrogens is 407 g/mol. The number of nitrogens with one attached hydrogen (secondary N) is 2. The summed E-state index contributed by atoms with van der Waals surface area (Å²) in [5, 5.41) is 6.05. The highest BCUT2D eigenvalue weighted by Gasteiger charge is 2.30. The van der Waals surface area contributed by atoms with Crippen molar-refractivity contribution < 1.29 is 9.53 Å². The summed E-state index contributed by atoms with van der Waals surface area (Å²) >= 11 is 0. The lowest BCUT2D eigenvalue weighted by Crippen LogP contribution is -2.41. The van der Waals surface area contributed by atoms with Crippen LogP contribution in [0.2, 0.25) is 0 Å². The lowest BCUT2D eigenvalue weighted by atomic mass is 9.93. The van der Waals surface area contributed by atoms with Crippen molar-refractivity contribution in [2.24, 2.45) is 10.4 Å². The van der Waals surface area contributed by atoms with Gasteiger partial charge in [0.05, 0.1) is 6.54 Å². The molecule has 1 amide bonds. The van der Waals surface area contributed by atoms with Gasteiger partial charge in [-0.2, -0.15) is 0 Å². The maximum atomic E-state index is 11.6. The molecule has 1 aliphatic rings. The minimum absolute atomic E-state index is 0. The van der Waals surface area contributed by atoms with Crippen LogP contribution < -0.4 is 10.6 Å². The first kappa shape index (κ1) is 22.3. The number of rotatable bonds is 4. The third-order valence-corrected chi connectivity index (χ3v) is 3.35. The van der Waals surface area contributed by atoms with Gasteiger partial charge in [-0.15, -0.1) is 24.0 Å². The average molecular weight is 440 g/mol. The van der Waals surface area contributed by atoms with E-state index in [-0.39, 0.29) is 24.0 Å². The molecule has 1 fully saturated rings. The monoisotopic (exact) mass is 440 g/mol. The van der Waals surface area contributed by atoms with Crippen LogP contribution in [0.1, 0.15) is 48.0 Å². The zero-order valence-electron chi connectivity index (χ0n) is 15.4. The fraction of sp³-hybridized carbons (Fsp3) is 0.875. The first-order valence-electron chi connectivity index (χ1n) is 8.13. The fourth-order valence-corrected chi connectivity index (χ4v) is 2.35. The summed E-state index contributed by atoms with van der Waals surface area (Å²) in [5.41, 5.74) is -0.131. The van der Waals surface area contributed by atoms with Crippen LogP contribution in [-0.2, 0) is 4.74 Å². The second-order valence-electron chi connectivity index (χ2n) is 7.50. The molecule has 0 bridgehead atoms. The van der Waals surface area contributed by atoms with Crippen LogP contribution in [0.15, 0.2) is 4.99 Å². The van der Waals surface area contributed by atoms with Gasteiger partial charge in [0.15, 0.2) is 5.96 Å². The Balaban J connectivity index is 0.00000484. The Morgan fingerprint density at radius 3 is 2.43 bits per heavy atom. The highest BCUT2D eigenvalue weighted by Crippen LogP contribution is 2.28. The number of alkyl carbamates (subject to hydrolysis) is 1. The molecule has 0 aliphatic carbocycles. The summed E-state index contributed by atoms with van der Waals surface area (Å²) in [5.74, 6) is 0.930. The zero-order valence-corrected chi connectivity index (χ0v) is 17.7. The average Bonchev–Trinajstić information content (AvgIpc) is 2.71. The van der Waals surface area contributed by atoms with Crippen LogP contribution in [-0.4, -0.2) is 55.3 Å². The Bertz CT molecular complexity index is 405. The second kappa shape index (κ2) is 9.54. The molecule has 2 N–H and O–H groups in total. The molecule has 0 aromatic carbocycles. The van der Waals surface area contributed by atoms with Crippen LogP contribution in [0.25, 0.3) is 0 Å². The third kappa shape index (κ3) is 9.22. The predicted octanol–water partition coefficient (Wildman–Crippen LogP) is 2.83. The molecular formula is C16H33IN4O2. The van der Waals surface area contributed by atoms with Crippen molar-refractivity contribution in [3.05, 3.63) is 0 Å². The normalized spacial score (nSPS) is 17.5. The van der Waals surface area contributed by atoms with E-state index in [1.165, 1.54) is 6.42 Å². The number of nitrogens with zero attached hydrogens (tertiary/aromatic N) is 2. The first-order valence-corrected chi connectivity index (χ1v) is 8.13. The quantitative estimate of drug-likeness (QED) is 0.306. The molecule has 1 aliphatic heterocycles. The van der Waals surface area contributed by atoms with Gasteiger partial charge in [0.25, 0.3) is 0 Å². The van der Waals surface area contributed by atoms with E-state index >= 15 is 0 Å². The van der Waals surface area contributed by atoms with E-state index in [0.29, 0.717) is 18.5 Å². The van der Waals surface area contributed by atoms with Crippen molar-refractivity contribution in [2.45, 2.75) is 53.6 Å². The van der Waals surface area contributed by atoms with Gasteiger partial charge in [0.1, 0.15) is 5.60 Å². The Morgan fingerprint density at radius 2 is 1.96 bits per heavy atom. The Labute approximate surface area is 157 Å². The third-order valence-electron chi connectivity index (χ3n) is 3.35. The number of hydrogen-bond acceptors (Lipinski definition) is 3. The number of halogens is 1. The summed E-state index contributed by atoms with van der Waals surface area (Å²) in [4.78, 5) is 18.4. The van der Waals surface area contributed by atoms with Gasteiger partial charge in [-0.1, -0.05) is 13.8 Å². The SMILES string of the molecule is CCNC(=NCCNC(=O)OC(C)(C)C)N1CCC(C)(C)C1.I. The van der Waals surface area contributed by atoms with Gasteiger partial charge in [-0.25, -0.2) is 4.79 Å². The minimum atomic E-state index is -0.469. The molecule has 0 aromatic heterocycles. The fourth-order valence-electron chi connectivity index (χ4n) is 2.35. The van der Waals surface area contributed by atoms with E-state index in [1.54, 1.807) is 0 Å². The second-order valence-corrected chi connectivity index (χ2v) is 7.50. The summed E-state index contributed by atoms with van der Waals surface area (Å²) in [6.45, 7) is 16.1. The number of amides is 1. The van der Waals surface area contributed by atoms with Gasteiger partial charge < -0.3 is 20.3 Å². The van der Waals surface area contributed by atoms with Crippen molar-refractivity contribution in [1.82, 2.24) is 15.5 Å². The number of carbonyl (C=O) groups is 1. The van der Waals surface area contributed by atoms with Crippen LogP contribution in [0.5, 0.6) is 0 Å². The number of ether oxygens (including phenoxy) is 1. The summed E-state index contributed by atoms with van der Waals surface area (Å²) in [6.07, 6.45) is 0.781. The van der Waals surface area contributed by atoms with E-state index < -0.39 is 11.7 Å². The first-order chi connectivity index (χ1) is 10.1. The molecule has 23 heavy (non-hydrogen) atoms. The molecule has 0 saturated carbocycles. The molecule has 136 valence electrons. The van der Waals surface area contributed by atoms with Crippen LogP contribution in [0.3, 0.4) is 0 Å². The Hall–Kier alpha value is -0.730. The molecule has 7 heteroatoms. The highest BCUT2D eigenvalue weighted by molar-refractivity contribution is 14.0. The molecule has 1 rings (SSSR count). The molecule has 0 radical (unpaired) electrons. The standard InChI is InChI=1S/C16H32N4O2.HI/c1-7-17-13(20-11-8-16(5,6)12-20)18-9-10-19-14(21)22-15(2,3)4;/h7-12H2,1-6H3,(H,17,18)(H,19,21);1H. The van der Waals surface area contributed by atoms with E-state index in [4.69, 9.17) is 4.74 Å². The lowest BCUT2D eigenvalue weighted by molar-refractivity contribution is 0.0529. The van der Waals surface area contributed by atoms with E-state index in [0.717, 1.165) is 25.6 Å². The molecule has 0 unspecified atom stereocenters. The van der Waals surface area contributed by atoms with E-state index in [2.05, 4.69) is 41.3 Å². The number of carbonyl (C=O) groups excluding carboxylic acids is 1. The van der Waals surface area contributed by atoms with Gasteiger partial charge in [-0.05, 0) is 39.5 Å². The number of hydrogen-bond donors (Lipinski definition) is 2. The molecule has 1 heterocycles. The lowest BCUT2D eigenvalue weighted by Gasteiger charge is -2.23. The largest absolute Gasteiger partial charge is 0.444 e. The highest BCUT2D eigenvalue weighted by atomic mass is 127. The zero-order chi connectivity index (χ0) is 16.8. The smallest absolute Gasteiger partial charge is 0.407 e. The van der Waals surface area contributed by atoms with Gasteiger partial charge in [0.2, 0.25) is 0 Å². The molecule has 6 nitrogen and oxygen atoms in total. The summed E-state index contributed by atoms with van der Waals surface area (Å²) in [7, 11) is 0. The van der Waals surface area contributed by atoms with Crippen molar-refractivity contribution in [3.63, 3.8) is 0 Å². The molecule has 0 spiro atoms. The van der Waals surface area contributed by atoms with Crippen molar-refractivity contribution in [2.75, 3.05) is 32.7 Å². The number of likely N-dealkylation sites (tertiary alicyclic amines) is 1. The Kier molecular flexibility index (Phi) is 9.24. The van der Waals surface area contributed by atoms with Crippen LogP contribution >= 0.6 is 24.0 Å². The van der Waals surface area contributed by atoms with Gasteiger partial charge in [0, 0.05) is 26.2 Å². The van der Waals surface area contributed by atoms with Gasteiger partial charge >= 0.3 is 6.09 Å². The number of aliphatic imine (C=N–C) groups is 1. The van der Waals surface area contributed by atoms with Crippen LogP contribution in [0.4, 0.5) is 4.79 Å². The Morgan fingerprint density at radius 1 is 1.30 bits per heavy atom. The van der Waals surface area contributed by atoms with Gasteiger partial charge in [-0.3, -0.25) is 4.99 Å². The maximum Gasteiger partial charge on any atom is 0.407 e. The predicted molar refractivity (Wildman–Crippen MR) is 106 cm³/mol.